The Morgan fingerprint density at radius 2 is 2.06 bits per heavy atom. The summed E-state index contributed by atoms with van der Waals surface area (Å²) in [5.41, 5.74) is -0.125. The molecule has 2 saturated heterocycles. The Labute approximate surface area is 109 Å². The molecule has 2 heterocycles. The first-order valence-electron chi connectivity index (χ1n) is 6.61. The molecule has 0 aliphatic carbocycles. The maximum atomic E-state index is 12.0. The lowest BCUT2D eigenvalue weighted by molar-refractivity contribution is -0.123. The maximum absolute atomic E-state index is 12.0. The van der Waals surface area contributed by atoms with Gasteiger partial charge in [-0.25, -0.2) is 8.42 Å². The van der Waals surface area contributed by atoms with Crippen molar-refractivity contribution in [3.63, 3.8) is 0 Å². The highest BCUT2D eigenvalue weighted by atomic mass is 32.2. The van der Waals surface area contributed by atoms with Crippen LogP contribution in [0.1, 0.15) is 32.6 Å². The van der Waals surface area contributed by atoms with Crippen molar-refractivity contribution in [3.05, 3.63) is 0 Å². The monoisotopic (exact) mass is 274 g/mol. The lowest BCUT2D eigenvalue weighted by atomic mass is 9.90. The summed E-state index contributed by atoms with van der Waals surface area (Å²) in [6.45, 7) is 3.92. The number of hydrogen-bond donors (Lipinski definition) is 2. The molecule has 0 aromatic heterocycles. The molecule has 104 valence electrons. The highest BCUT2D eigenvalue weighted by Crippen LogP contribution is 2.23. The Bertz CT molecular complexity index is 413. The molecule has 0 aromatic rings. The van der Waals surface area contributed by atoms with Crippen LogP contribution in [0.3, 0.4) is 0 Å². The van der Waals surface area contributed by atoms with Gasteiger partial charge in [-0.05, 0) is 45.2 Å². The highest BCUT2D eigenvalue weighted by molar-refractivity contribution is 7.91. The SMILES string of the molecule is CC1(NC(=O)CC2CCS(=O)(=O)C2)CCNCC1. The van der Waals surface area contributed by atoms with Crippen molar-refractivity contribution in [2.24, 2.45) is 5.92 Å². The molecule has 2 fully saturated rings. The minimum absolute atomic E-state index is 0.00139. The number of hydrogen-bond acceptors (Lipinski definition) is 4. The molecule has 1 unspecified atom stereocenters. The van der Waals surface area contributed by atoms with Crippen LogP contribution in [0.5, 0.6) is 0 Å². The van der Waals surface area contributed by atoms with Crippen LogP contribution in [0.15, 0.2) is 0 Å². The fraction of sp³-hybridized carbons (Fsp3) is 0.917. The van der Waals surface area contributed by atoms with E-state index in [9.17, 15) is 13.2 Å². The molecule has 0 aromatic carbocycles. The van der Waals surface area contributed by atoms with E-state index in [1.54, 1.807) is 0 Å². The number of piperidine rings is 1. The second-order valence-electron chi connectivity index (χ2n) is 5.83. The summed E-state index contributed by atoms with van der Waals surface area (Å²) in [5.74, 6) is 0.437. The van der Waals surface area contributed by atoms with E-state index >= 15 is 0 Å². The molecule has 0 bridgehead atoms. The zero-order valence-electron chi connectivity index (χ0n) is 10.9. The minimum Gasteiger partial charge on any atom is -0.351 e. The van der Waals surface area contributed by atoms with Crippen LogP contribution in [0.25, 0.3) is 0 Å². The minimum atomic E-state index is -2.88. The van der Waals surface area contributed by atoms with Gasteiger partial charge in [-0.15, -0.1) is 0 Å². The summed E-state index contributed by atoms with van der Waals surface area (Å²) in [7, 11) is -2.88. The lowest BCUT2D eigenvalue weighted by Gasteiger charge is -2.35. The Hall–Kier alpha value is -0.620. The Morgan fingerprint density at radius 1 is 1.39 bits per heavy atom. The van der Waals surface area contributed by atoms with Gasteiger partial charge < -0.3 is 10.6 Å². The van der Waals surface area contributed by atoms with Crippen molar-refractivity contribution in [3.8, 4) is 0 Å². The van der Waals surface area contributed by atoms with Gasteiger partial charge in [0, 0.05) is 12.0 Å². The molecule has 2 aliphatic rings. The van der Waals surface area contributed by atoms with Crippen LogP contribution < -0.4 is 10.6 Å². The van der Waals surface area contributed by atoms with E-state index in [2.05, 4.69) is 17.6 Å². The molecule has 2 rings (SSSR count). The molecular weight excluding hydrogens is 252 g/mol. The van der Waals surface area contributed by atoms with Gasteiger partial charge in [-0.1, -0.05) is 0 Å². The van der Waals surface area contributed by atoms with Crippen LogP contribution in [-0.2, 0) is 14.6 Å². The predicted octanol–water partition coefficient (Wildman–Crippen LogP) is 0.0695. The average Bonchev–Trinajstić information content (AvgIpc) is 2.57. The summed E-state index contributed by atoms with van der Waals surface area (Å²) in [5, 5.41) is 6.34. The topological polar surface area (TPSA) is 75.3 Å². The molecule has 2 aliphatic heterocycles. The molecular formula is C12H22N2O3S. The van der Waals surface area contributed by atoms with E-state index in [-0.39, 0.29) is 28.9 Å². The number of sulfone groups is 1. The Morgan fingerprint density at radius 3 is 2.61 bits per heavy atom. The normalized spacial score (nSPS) is 29.9. The first-order chi connectivity index (χ1) is 8.39. The van der Waals surface area contributed by atoms with Gasteiger partial charge in [-0.3, -0.25) is 4.79 Å². The summed E-state index contributed by atoms with van der Waals surface area (Å²) >= 11 is 0. The van der Waals surface area contributed by atoms with Gasteiger partial charge in [0.2, 0.25) is 5.91 Å². The van der Waals surface area contributed by atoms with Crippen molar-refractivity contribution in [1.29, 1.82) is 0 Å². The maximum Gasteiger partial charge on any atom is 0.220 e. The van der Waals surface area contributed by atoms with E-state index in [4.69, 9.17) is 0 Å². The number of rotatable bonds is 3. The third kappa shape index (κ3) is 3.68. The van der Waals surface area contributed by atoms with Crippen LogP contribution in [0, 0.1) is 5.92 Å². The van der Waals surface area contributed by atoms with E-state index in [0.29, 0.717) is 12.8 Å². The molecule has 5 nitrogen and oxygen atoms in total. The first-order valence-corrected chi connectivity index (χ1v) is 8.43. The summed E-state index contributed by atoms with van der Waals surface area (Å²) < 4.78 is 22.7. The van der Waals surface area contributed by atoms with Crippen LogP contribution in [0.4, 0.5) is 0 Å². The number of carbonyl (C=O) groups is 1. The van der Waals surface area contributed by atoms with Gasteiger partial charge >= 0.3 is 0 Å². The molecule has 18 heavy (non-hydrogen) atoms. The number of nitrogens with one attached hydrogen (secondary N) is 2. The summed E-state index contributed by atoms with van der Waals surface area (Å²) in [6.07, 6.45) is 2.85. The first kappa shape index (κ1) is 13.8. The van der Waals surface area contributed by atoms with Crippen LogP contribution >= 0.6 is 0 Å². The molecule has 1 atom stereocenters. The van der Waals surface area contributed by atoms with Gasteiger partial charge in [-0.2, -0.15) is 0 Å². The van der Waals surface area contributed by atoms with E-state index in [0.717, 1.165) is 25.9 Å². The quantitative estimate of drug-likeness (QED) is 0.763. The lowest BCUT2D eigenvalue weighted by Crippen LogP contribution is -2.52. The largest absolute Gasteiger partial charge is 0.351 e. The van der Waals surface area contributed by atoms with Crippen molar-refractivity contribution < 1.29 is 13.2 Å². The summed E-state index contributed by atoms with van der Waals surface area (Å²) in [6, 6.07) is 0. The van der Waals surface area contributed by atoms with Gasteiger partial charge in [0.05, 0.1) is 11.5 Å². The second kappa shape index (κ2) is 5.17. The molecule has 1 amide bonds. The van der Waals surface area contributed by atoms with Crippen molar-refractivity contribution >= 4 is 15.7 Å². The van der Waals surface area contributed by atoms with Crippen LogP contribution in [0.2, 0.25) is 0 Å². The van der Waals surface area contributed by atoms with E-state index < -0.39 is 9.84 Å². The summed E-state index contributed by atoms with van der Waals surface area (Å²) in [4.78, 5) is 12.0. The predicted molar refractivity (Wildman–Crippen MR) is 70.0 cm³/mol. The Kier molecular flexibility index (Phi) is 3.96. The van der Waals surface area contributed by atoms with Crippen molar-refractivity contribution in [2.45, 2.75) is 38.1 Å². The molecule has 0 spiro atoms. The molecule has 6 heteroatoms. The Balaban J connectivity index is 1.82. The number of amides is 1. The van der Waals surface area contributed by atoms with Gasteiger partial charge in [0.15, 0.2) is 9.84 Å². The standard InChI is InChI=1S/C12H22N2O3S/c1-12(3-5-13-6-4-12)14-11(15)8-10-2-7-18(16,17)9-10/h10,13H,2-9H2,1H3,(H,14,15). The zero-order chi connectivity index (χ0) is 13.2. The third-order valence-corrected chi connectivity index (χ3v) is 5.79. The second-order valence-corrected chi connectivity index (χ2v) is 8.06. The van der Waals surface area contributed by atoms with Gasteiger partial charge in [0.25, 0.3) is 0 Å². The van der Waals surface area contributed by atoms with Crippen molar-refractivity contribution in [1.82, 2.24) is 10.6 Å². The highest BCUT2D eigenvalue weighted by Gasteiger charge is 2.32. The molecule has 2 N–H and O–H groups in total. The average molecular weight is 274 g/mol. The van der Waals surface area contributed by atoms with Crippen LogP contribution in [-0.4, -0.2) is 44.5 Å². The van der Waals surface area contributed by atoms with Gasteiger partial charge in [0.1, 0.15) is 0 Å². The van der Waals surface area contributed by atoms with Crippen molar-refractivity contribution in [2.75, 3.05) is 24.6 Å². The van der Waals surface area contributed by atoms with E-state index in [1.165, 1.54) is 0 Å². The molecule has 0 radical (unpaired) electrons. The fourth-order valence-electron chi connectivity index (χ4n) is 2.79. The number of carbonyl (C=O) groups excluding carboxylic acids is 1. The third-order valence-electron chi connectivity index (χ3n) is 3.95. The molecule has 0 saturated carbocycles. The smallest absolute Gasteiger partial charge is 0.220 e. The zero-order valence-corrected chi connectivity index (χ0v) is 11.7. The fourth-order valence-corrected chi connectivity index (χ4v) is 4.65. The van der Waals surface area contributed by atoms with E-state index in [1.807, 2.05) is 0 Å².